The van der Waals surface area contributed by atoms with Crippen molar-refractivity contribution in [3.63, 3.8) is 0 Å². The summed E-state index contributed by atoms with van der Waals surface area (Å²) >= 11 is 0. The number of hydrogen-bond acceptors (Lipinski definition) is 8. The van der Waals surface area contributed by atoms with Gasteiger partial charge in [0.05, 0.1) is 25.4 Å². The molecule has 1 heterocycles. The molecule has 1 fully saturated rings. The van der Waals surface area contributed by atoms with Gasteiger partial charge in [-0.15, -0.1) is 0 Å². The number of ether oxygens (including phenoxy) is 2. The zero-order chi connectivity index (χ0) is 45.1. The van der Waals surface area contributed by atoms with Crippen molar-refractivity contribution in [3.8, 4) is 0 Å². The van der Waals surface area contributed by atoms with Gasteiger partial charge in [-0.3, -0.25) is 4.79 Å². The fraction of sp³-hybridized carbons (Fsp3) is 0.868. The van der Waals surface area contributed by atoms with E-state index in [0.29, 0.717) is 6.42 Å². The third-order valence-electron chi connectivity index (χ3n) is 12.4. The van der Waals surface area contributed by atoms with Crippen molar-refractivity contribution in [1.82, 2.24) is 5.32 Å². The standard InChI is InChI=1S/C53H99NO8/c1-3-5-7-9-11-13-15-17-19-21-22-23-24-25-26-27-29-31-33-35-37-39-41-43-49(57)54-46(45-61-53-52(60)51(59)50(58)48(44-55)62-53)47(56)42-40-38-36-34-32-30-28-20-18-16-14-12-10-8-6-4-2/h25-26,32,34,40,42,46-48,50-53,55-56,58-60H,3-24,27-31,33,35-39,41,43-45H2,1-2H3,(H,54,57)/b26-25-,34-32+,42-40+. The molecule has 0 aliphatic carbocycles. The number of aliphatic hydroxyl groups is 5. The average Bonchev–Trinajstić information content (AvgIpc) is 3.27. The van der Waals surface area contributed by atoms with Crippen LogP contribution in [-0.4, -0.2) is 87.5 Å². The van der Waals surface area contributed by atoms with E-state index in [0.717, 1.165) is 51.4 Å². The molecule has 0 bridgehead atoms. The lowest BCUT2D eigenvalue weighted by Gasteiger charge is -2.40. The Kier molecular flexibility index (Phi) is 40.8. The number of unbranched alkanes of at least 4 members (excludes halogenated alkanes) is 30. The van der Waals surface area contributed by atoms with E-state index in [1.807, 2.05) is 6.08 Å². The van der Waals surface area contributed by atoms with Crippen molar-refractivity contribution in [2.24, 2.45) is 0 Å². The molecule has 6 N–H and O–H groups in total. The van der Waals surface area contributed by atoms with Crippen molar-refractivity contribution < 1.29 is 39.8 Å². The number of aliphatic hydroxyl groups excluding tert-OH is 5. The van der Waals surface area contributed by atoms with Crippen LogP contribution in [0.4, 0.5) is 0 Å². The van der Waals surface area contributed by atoms with Crippen LogP contribution in [0.3, 0.4) is 0 Å². The topological polar surface area (TPSA) is 149 Å². The molecule has 364 valence electrons. The highest BCUT2D eigenvalue weighted by molar-refractivity contribution is 5.76. The van der Waals surface area contributed by atoms with Gasteiger partial charge < -0.3 is 40.3 Å². The van der Waals surface area contributed by atoms with Crippen molar-refractivity contribution >= 4 is 5.91 Å². The maximum absolute atomic E-state index is 13.0. The number of amides is 1. The van der Waals surface area contributed by atoms with Gasteiger partial charge in [0, 0.05) is 6.42 Å². The fourth-order valence-electron chi connectivity index (χ4n) is 8.23. The van der Waals surface area contributed by atoms with E-state index in [1.54, 1.807) is 6.08 Å². The summed E-state index contributed by atoms with van der Waals surface area (Å²) in [6, 6.07) is -0.823. The smallest absolute Gasteiger partial charge is 0.220 e. The number of allylic oxidation sites excluding steroid dienone is 5. The highest BCUT2D eigenvalue weighted by Crippen LogP contribution is 2.23. The first-order valence-corrected chi connectivity index (χ1v) is 26.2. The Balaban J connectivity index is 2.29. The second-order valence-electron chi connectivity index (χ2n) is 18.3. The molecule has 0 aromatic heterocycles. The third-order valence-corrected chi connectivity index (χ3v) is 12.4. The lowest BCUT2D eigenvalue weighted by molar-refractivity contribution is -0.302. The first-order valence-electron chi connectivity index (χ1n) is 26.2. The maximum atomic E-state index is 13.0. The van der Waals surface area contributed by atoms with Crippen LogP contribution >= 0.6 is 0 Å². The van der Waals surface area contributed by atoms with Crippen LogP contribution in [0.5, 0.6) is 0 Å². The fourth-order valence-corrected chi connectivity index (χ4v) is 8.23. The van der Waals surface area contributed by atoms with Crippen LogP contribution in [0.1, 0.15) is 239 Å². The number of nitrogens with one attached hydrogen (secondary N) is 1. The zero-order valence-electron chi connectivity index (χ0n) is 40.1. The van der Waals surface area contributed by atoms with Gasteiger partial charge in [-0.05, 0) is 57.8 Å². The van der Waals surface area contributed by atoms with Crippen LogP contribution in [0.2, 0.25) is 0 Å². The van der Waals surface area contributed by atoms with Gasteiger partial charge in [-0.2, -0.15) is 0 Å². The molecule has 9 heteroatoms. The number of carbonyl (C=O) groups excluding carboxylic acids is 1. The molecular formula is C53H99NO8. The summed E-state index contributed by atoms with van der Waals surface area (Å²) in [6.45, 7) is 3.77. The van der Waals surface area contributed by atoms with E-state index < -0.39 is 49.5 Å². The molecule has 0 radical (unpaired) electrons. The minimum atomic E-state index is -1.57. The number of hydrogen-bond donors (Lipinski definition) is 6. The molecule has 0 aromatic rings. The molecule has 9 nitrogen and oxygen atoms in total. The van der Waals surface area contributed by atoms with E-state index in [2.05, 4.69) is 43.5 Å². The first-order chi connectivity index (χ1) is 30.3. The Hall–Kier alpha value is -1.59. The molecule has 1 saturated heterocycles. The molecule has 7 atom stereocenters. The summed E-state index contributed by atoms with van der Waals surface area (Å²) in [5, 5.41) is 54.3. The van der Waals surface area contributed by atoms with E-state index in [1.165, 1.54) is 167 Å². The average molecular weight is 878 g/mol. The molecule has 0 aromatic carbocycles. The Labute approximate surface area is 381 Å². The van der Waals surface area contributed by atoms with Crippen LogP contribution < -0.4 is 5.32 Å². The molecule has 1 aliphatic rings. The molecule has 1 rings (SSSR count). The van der Waals surface area contributed by atoms with Gasteiger partial charge in [-0.25, -0.2) is 0 Å². The molecule has 7 unspecified atom stereocenters. The quantitative estimate of drug-likeness (QED) is 0.0262. The van der Waals surface area contributed by atoms with Gasteiger partial charge >= 0.3 is 0 Å². The predicted molar refractivity (Wildman–Crippen MR) is 258 cm³/mol. The summed E-state index contributed by atoms with van der Waals surface area (Å²) in [5.41, 5.74) is 0. The van der Waals surface area contributed by atoms with E-state index in [-0.39, 0.29) is 12.5 Å². The highest BCUT2D eigenvalue weighted by Gasteiger charge is 2.44. The highest BCUT2D eigenvalue weighted by atomic mass is 16.7. The second kappa shape index (κ2) is 43.3. The van der Waals surface area contributed by atoms with E-state index >= 15 is 0 Å². The van der Waals surface area contributed by atoms with Gasteiger partial charge in [-0.1, -0.05) is 211 Å². The van der Waals surface area contributed by atoms with Crippen LogP contribution in [-0.2, 0) is 14.3 Å². The Bertz CT molecular complexity index is 1070. The summed E-state index contributed by atoms with van der Waals surface area (Å²) < 4.78 is 11.2. The zero-order valence-corrected chi connectivity index (χ0v) is 40.1. The van der Waals surface area contributed by atoms with Crippen molar-refractivity contribution in [1.29, 1.82) is 0 Å². The third kappa shape index (κ3) is 33.0. The monoisotopic (exact) mass is 878 g/mol. The van der Waals surface area contributed by atoms with Gasteiger partial charge in [0.25, 0.3) is 0 Å². The van der Waals surface area contributed by atoms with Gasteiger partial charge in [0.15, 0.2) is 6.29 Å². The molecule has 62 heavy (non-hydrogen) atoms. The van der Waals surface area contributed by atoms with Crippen LogP contribution in [0.25, 0.3) is 0 Å². The minimum Gasteiger partial charge on any atom is -0.394 e. The lowest BCUT2D eigenvalue weighted by atomic mass is 9.99. The van der Waals surface area contributed by atoms with Crippen molar-refractivity contribution in [2.45, 2.75) is 281 Å². The number of carbonyl (C=O) groups is 1. The van der Waals surface area contributed by atoms with Gasteiger partial charge in [0.1, 0.15) is 24.4 Å². The maximum Gasteiger partial charge on any atom is 0.220 e. The first kappa shape index (κ1) is 58.4. The summed E-state index contributed by atoms with van der Waals surface area (Å²) in [4.78, 5) is 13.0. The molecule has 1 aliphatic heterocycles. The largest absolute Gasteiger partial charge is 0.394 e. The summed E-state index contributed by atoms with van der Waals surface area (Å²) in [5.74, 6) is -0.190. The molecule has 1 amide bonds. The van der Waals surface area contributed by atoms with Crippen molar-refractivity contribution in [2.75, 3.05) is 13.2 Å². The molecule has 0 spiro atoms. The van der Waals surface area contributed by atoms with Gasteiger partial charge in [0.2, 0.25) is 5.91 Å². The normalized spacial score (nSPS) is 20.5. The van der Waals surface area contributed by atoms with Crippen LogP contribution in [0.15, 0.2) is 36.5 Å². The SMILES string of the molecule is CCCCCCCCCCCC/C=C/CC/C=C/C(O)C(COC1OC(CO)C(O)C(O)C1O)NC(=O)CCCCCCCCC/C=C\CCCCCCCCCCCCCC. The number of rotatable bonds is 44. The molecule has 0 saturated carbocycles. The Morgan fingerprint density at radius 2 is 0.919 bits per heavy atom. The van der Waals surface area contributed by atoms with E-state index in [9.17, 15) is 30.3 Å². The summed E-state index contributed by atoms with van der Waals surface area (Å²) in [6.07, 6.45) is 47.7. The minimum absolute atomic E-state index is 0.190. The predicted octanol–water partition coefficient (Wildman–Crippen LogP) is 12.0. The lowest BCUT2D eigenvalue weighted by Crippen LogP contribution is -2.60. The Morgan fingerprint density at radius 1 is 0.532 bits per heavy atom. The van der Waals surface area contributed by atoms with E-state index in [4.69, 9.17) is 9.47 Å². The summed E-state index contributed by atoms with van der Waals surface area (Å²) in [7, 11) is 0. The van der Waals surface area contributed by atoms with Crippen LogP contribution in [0, 0.1) is 0 Å². The molecular weight excluding hydrogens is 779 g/mol. The van der Waals surface area contributed by atoms with Crippen molar-refractivity contribution in [3.05, 3.63) is 36.5 Å². The Morgan fingerprint density at radius 3 is 1.35 bits per heavy atom. The second-order valence-corrected chi connectivity index (χ2v) is 18.3.